The third kappa shape index (κ3) is 3.90. The summed E-state index contributed by atoms with van der Waals surface area (Å²) in [6, 6.07) is 15.7. The van der Waals surface area contributed by atoms with Crippen LogP contribution in [0, 0.1) is 0 Å². The number of anilines is 1. The van der Waals surface area contributed by atoms with Crippen molar-refractivity contribution in [2.45, 2.75) is 4.90 Å². The van der Waals surface area contributed by atoms with E-state index in [1.54, 1.807) is 18.3 Å². The molecule has 0 saturated heterocycles. The van der Waals surface area contributed by atoms with Gasteiger partial charge in [-0.2, -0.15) is 5.10 Å². The van der Waals surface area contributed by atoms with E-state index in [0.717, 1.165) is 5.56 Å². The summed E-state index contributed by atoms with van der Waals surface area (Å²) < 4.78 is 22.1. The van der Waals surface area contributed by atoms with Crippen molar-refractivity contribution >= 4 is 21.9 Å². The van der Waals surface area contributed by atoms with Gasteiger partial charge >= 0.3 is 0 Å². The standard InChI is InChI=1S/C13H13N3O2S/c14-19(17,18)13-8-6-12(7-9-13)16-15-10-11-4-2-1-3-5-11/h1-10,16H,(H2,14,17,18)/b15-10-. The van der Waals surface area contributed by atoms with Gasteiger partial charge in [0, 0.05) is 0 Å². The summed E-state index contributed by atoms with van der Waals surface area (Å²) >= 11 is 0. The Morgan fingerprint density at radius 1 is 1.00 bits per heavy atom. The number of rotatable bonds is 4. The van der Waals surface area contributed by atoms with Crippen LogP contribution in [0.5, 0.6) is 0 Å². The average molecular weight is 275 g/mol. The summed E-state index contributed by atoms with van der Waals surface area (Å²) in [6.45, 7) is 0. The Morgan fingerprint density at radius 3 is 2.21 bits per heavy atom. The number of nitrogens with one attached hydrogen (secondary N) is 1. The maximum atomic E-state index is 11.1. The molecule has 19 heavy (non-hydrogen) atoms. The maximum absolute atomic E-state index is 11.1. The van der Waals surface area contributed by atoms with Gasteiger partial charge in [-0.15, -0.1) is 0 Å². The Labute approximate surface area is 111 Å². The Balaban J connectivity index is 2.03. The number of sulfonamides is 1. The van der Waals surface area contributed by atoms with Crippen molar-refractivity contribution < 1.29 is 8.42 Å². The highest BCUT2D eigenvalue weighted by Crippen LogP contribution is 2.12. The molecule has 0 aliphatic rings. The van der Waals surface area contributed by atoms with Crippen LogP contribution in [0.2, 0.25) is 0 Å². The van der Waals surface area contributed by atoms with Crippen molar-refractivity contribution in [1.82, 2.24) is 0 Å². The summed E-state index contributed by atoms with van der Waals surface area (Å²) in [7, 11) is -3.65. The van der Waals surface area contributed by atoms with Gasteiger partial charge in [0.1, 0.15) is 0 Å². The lowest BCUT2D eigenvalue weighted by molar-refractivity contribution is 0.598. The Bertz CT molecular complexity index is 665. The molecule has 5 nitrogen and oxygen atoms in total. The summed E-state index contributed by atoms with van der Waals surface area (Å²) in [5.41, 5.74) is 4.45. The molecule has 3 N–H and O–H groups in total. The molecule has 2 aromatic rings. The summed E-state index contributed by atoms with van der Waals surface area (Å²) in [6.07, 6.45) is 1.67. The lowest BCUT2D eigenvalue weighted by Gasteiger charge is -2.01. The number of nitrogens with two attached hydrogens (primary N) is 1. The van der Waals surface area contributed by atoms with E-state index in [2.05, 4.69) is 10.5 Å². The van der Waals surface area contributed by atoms with Crippen molar-refractivity contribution in [1.29, 1.82) is 0 Å². The Morgan fingerprint density at radius 2 is 1.63 bits per heavy atom. The van der Waals surface area contributed by atoms with Gasteiger partial charge < -0.3 is 0 Å². The van der Waals surface area contributed by atoms with Gasteiger partial charge in [0.25, 0.3) is 0 Å². The van der Waals surface area contributed by atoms with Crippen LogP contribution in [0.3, 0.4) is 0 Å². The maximum Gasteiger partial charge on any atom is 0.238 e. The van der Waals surface area contributed by atoms with E-state index in [9.17, 15) is 8.42 Å². The number of benzene rings is 2. The molecule has 2 aromatic carbocycles. The third-order valence-corrected chi connectivity index (χ3v) is 3.32. The van der Waals surface area contributed by atoms with Crippen molar-refractivity contribution in [2.24, 2.45) is 10.2 Å². The smallest absolute Gasteiger partial charge is 0.238 e. The van der Waals surface area contributed by atoms with Crippen LogP contribution in [-0.2, 0) is 10.0 Å². The monoisotopic (exact) mass is 275 g/mol. The average Bonchev–Trinajstić information content (AvgIpc) is 2.39. The molecule has 0 fully saturated rings. The summed E-state index contributed by atoms with van der Waals surface area (Å²) in [5, 5.41) is 9.05. The molecule has 0 aliphatic carbocycles. The highest BCUT2D eigenvalue weighted by Gasteiger charge is 2.05. The van der Waals surface area contributed by atoms with Crippen LogP contribution in [0.4, 0.5) is 5.69 Å². The predicted molar refractivity (Wildman–Crippen MR) is 75.5 cm³/mol. The van der Waals surface area contributed by atoms with Gasteiger partial charge in [-0.1, -0.05) is 30.3 Å². The molecule has 6 heteroatoms. The fourth-order valence-corrected chi connectivity index (χ4v) is 1.96. The molecule has 0 atom stereocenters. The van der Waals surface area contributed by atoms with Crippen LogP contribution in [0.15, 0.2) is 64.6 Å². The molecule has 0 radical (unpaired) electrons. The van der Waals surface area contributed by atoms with Gasteiger partial charge in [-0.25, -0.2) is 13.6 Å². The van der Waals surface area contributed by atoms with Crippen LogP contribution < -0.4 is 10.6 Å². The zero-order valence-corrected chi connectivity index (χ0v) is 10.8. The molecule has 2 rings (SSSR count). The van der Waals surface area contributed by atoms with E-state index in [4.69, 9.17) is 5.14 Å². The van der Waals surface area contributed by atoms with Crippen LogP contribution >= 0.6 is 0 Å². The van der Waals surface area contributed by atoms with E-state index in [-0.39, 0.29) is 4.90 Å². The second kappa shape index (κ2) is 5.64. The first-order valence-electron chi connectivity index (χ1n) is 5.53. The quantitative estimate of drug-likeness (QED) is 0.659. The topological polar surface area (TPSA) is 84.5 Å². The SMILES string of the molecule is NS(=O)(=O)c1ccc(N/N=C\c2ccccc2)cc1. The molecule has 98 valence electrons. The second-order valence-electron chi connectivity index (χ2n) is 3.85. The first kappa shape index (κ1) is 13.3. The lowest BCUT2D eigenvalue weighted by Crippen LogP contribution is -2.11. The number of hydrazone groups is 1. The number of nitrogens with zero attached hydrogens (tertiary/aromatic N) is 1. The second-order valence-corrected chi connectivity index (χ2v) is 5.41. The number of hydrogen-bond donors (Lipinski definition) is 2. The van der Waals surface area contributed by atoms with Gasteiger partial charge in [0.05, 0.1) is 16.8 Å². The molecule has 0 bridgehead atoms. The first-order chi connectivity index (χ1) is 9.05. The highest BCUT2D eigenvalue weighted by atomic mass is 32.2. The predicted octanol–water partition coefficient (Wildman–Crippen LogP) is 1.78. The Kier molecular flexibility index (Phi) is 3.94. The minimum absolute atomic E-state index is 0.0742. The van der Waals surface area contributed by atoms with Crippen molar-refractivity contribution in [3.8, 4) is 0 Å². The molecule has 0 amide bonds. The van der Waals surface area contributed by atoms with Crippen molar-refractivity contribution in [3.63, 3.8) is 0 Å². The molecule has 0 heterocycles. The number of primary sulfonamides is 1. The summed E-state index contributed by atoms with van der Waals surface area (Å²) in [4.78, 5) is 0.0742. The fraction of sp³-hybridized carbons (Fsp3) is 0. The molecule has 0 aliphatic heterocycles. The molecular weight excluding hydrogens is 262 g/mol. The highest BCUT2D eigenvalue weighted by molar-refractivity contribution is 7.89. The van der Waals surface area contributed by atoms with Gasteiger partial charge in [-0.3, -0.25) is 5.43 Å². The van der Waals surface area contributed by atoms with Crippen LogP contribution in [0.1, 0.15) is 5.56 Å². The molecule has 0 unspecified atom stereocenters. The van der Waals surface area contributed by atoms with Crippen molar-refractivity contribution in [2.75, 3.05) is 5.43 Å². The minimum Gasteiger partial charge on any atom is -0.279 e. The zero-order chi connectivity index (χ0) is 13.7. The van der Waals surface area contributed by atoms with Gasteiger partial charge in [0.15, 0.2) is 0 Å². The zero-order valence-electron chi connectivity index (χ0n) is 10.0. The minimum atomic E-state index is -3.65. The fourth-order valence-electron chi connectivity index (χ4n) is 1.44. The lowest BCUT2D eigenvalue weighted by atomic mass is 10.2. The molecule has 0 saturated carbocycles. The Hall–Kier alpha value is -2.18. The van der Waals surface area contributed by atoms with Gasteiger partial charge in [-0.05, 0) is 29.8 Å². The van der Waals surface area contributed by atoms with E-state index in [1.165, 1.54) is 12.1 Å². The van der Waals surface area contributed by atoms with Crippen molar-refractivity contribution in [3.05, 3.63) is 60.2 Å². The normalized spacial score (nSPS) is 11.6. The largest absolute Gasteiger partial charge is 0.279 e. The summed E-state index contributed by atoms with van der Waals surface area (Å²) in [5.74, 6) is 0. The van der Waals surface area contributed by atoms with E-state index >= 15 is 0 Å². The van der Waals surface area contributed by atoms with E-state index < -0.39 is 10.0 Å². The number of hydrogen-bond acceptors (Lipinski definition) is 4. The van der Waals surface area contributed by atoms with Gasteiger partial charge in [0.2, 0.25) is 10.0 Å². The van der Waals surface area contributed by atoms with Crippen LogP contribution in [-0.4, -0.2) is 14.6 Å². The molecule has 0 spiro atoms. The van der Waals surface area contributed by atoms with E-state index in [1.807, 2.05) is 30.3 Å². The van der Waals surface area contributed by atoms with E-state index in [0.29, 0.717) is 5.69 Å². The third-order valence-electron chi connectivity index (χ3n) is 2.39. The molecule has 0 aromatic heterocycles. The first-order valence-corrected chi connectivity index (χ1v) is 7.07. The molecular formula is C13H13N3O2S. The van der Waals surface area contributed by atoms with Crippen LogP contribution in [0.25, 0.3) is 0 Å².